The van der Waals surface area contributed by atoms with E-state index < -0.39 is 5.97 Å². The number of aliphatic carboxylic acids is 1. The molecule has 2 aliphatic rings. The minimum absolute atomic E-state index is 0.307. The highest BCUT2D eigenvalue weighted by atomic mass is 35.5. The van der Waals surface area contributed by atoms with Crippen LogP contribution in [0.25, 0.3) is 17.2 Å². The summed E-state index contributed by atoms with van der Waals surface area (Å²) in [4.78, 5) is 10.9. The van der Waals surface area contributed by atoms with E-state index in [1.165, 1.54) is 12.1 Å². The minimum atomic E-state index is -0.990. The number of carboxylic acids is 1. The number of nitrogens with one attached hydrogen (secondary N) is 3. The fraction of sp³-hybridized carbons (Fsp3) is 0.148. The van der Waals surface area contributed by atoms with Crippen LogP contribution in [0.2, 0.25) is 5.02 Å². The van der Waals surface area contributed by atoms with Gasteiger partial charge in [-0.3, -0.25) is 0 Å². The summed E-state index contributed by atoms with van der Waals surface area (Å²) in [5, 5.41) is 9.32. The number of benzene rings is 3. The van der Waals surface area contributed by atoms with Crippen LogP contribution in [0.3, 0.4) is 0 Å². The standard InChI is InChI=1S/C27H23ClFN3O2/c28-22-15-20(29)10-11-21(22)27(17-2-1-3-17)26(19-9-12-23-24(14-19)31-32-30-23)18-7-4-16(5-8-18)6-13-25(33)34/h4-15,17,30-32H,1-3H2,(H,33,34). The lowest BCUT2D eigenvalue weighted by Crippen LogP contribution is -2.19. The van der Waals surface area contributed by atoms with Crippen LogP contribution >= 0.6 is 11.6 Å². The highest BCUT2D eigenvalue weighted by Gasteiger charge is 2.29. The Labute approximate surface area is 201 Å². The number of halogens is 2. The molecule has 1 aliphatic heterocycles. The van der Waals surface area contributed by atoms with Crippen molar-refractivity contribution in [3.63, 3.8) is 0 Å². The van der Waals surface area contributed by atoms with Crippen molar-refractivity contribution in [3.05, 3.63) is 99.8 Å². The molecule has 4 N–H and O–H groups in total. The van der Waals surface area contributed by atoms with E-state index in [2.05, 4.69) is 28.5 Å². The highest BCUT2D eigenvalue weighted by molar-refractivity contribution is 6.32. The van der Waals surface area contributed by atoms with Crippen LogP contribution in [-0.2, 0) is 4.79 Å². The van der Waals surface area contributed by atoms with Crippen LogP contribution in [-0.4, -0.2) is 11.1 Å². The molecule has 0 unspecified atom stereocenters. The second-order valence-electron chi connectivity index (χ2n) is 8.47. The van der Waals surface area contributed by atoms with Crippen molar-refractivity contribution in [2.75, 3.05) is 10.9 Å². The fourth-order valence-corrected chi connectivity index (χ4v) is 4.72. The number of fused-ring (bicyclic) bond motifs is 1. The number of rotatable bonds is 6. The molecule has 0 aromatic heterocycles. The van der Waals surface area contributed by atoms with E-state index in [4.69, 9.17) is 16.7 Å². The molecule has 172 valence electrons. The zero-order valence-electron chi connectivity index (χ0n) is 18.2. The van der Waals surface area contributed by atoms with Gasteiger partial charge in [0.2, 0.25) is 0 Å². The summed E-state index contributed by atoms with van der Waals surface area (Å²) in [7, 11) is 0. The molecule has 5 rings (SSSR count). The third kappa shape index (κ3) is 4.42. The summed E-state index contributed by atoms with van der Waals surface area (Å²) >= 11 is 6.59. The Kier molecular flexibility index (Phi) is 6.09. The van der Waals surface area contributed by atoms with Gasteiger partial charge in [-0.05, 0) is 82.5 Å². The SMILES string of the molecule is O=C(O)C=Cc1ccc(C(=C(c2ccc(F)cc2Cl)C2CCC2)c2ccc3c(c2)NNN3)cc1. The molecule has 5 nitrogen and oxygen atoms in total. The predicted molar refractivity (Wildman–Crippen MR) is 135 cm³/mol. The molecule has 0 atom stereocenters. The average molecular weight is 476 g/mol. The van der Waals surface area contributed by atoms with Crippen LogP contribution in [0.5, 0.6) is 0 Å². The number of hydrogen-bond acceptors (Lipinski definition) is 4. The molecule has 34 heavy (non-hydrogen) atoms. The van der Waals surface area contributed by atoms with E-state index in [1.54, 1.807) is 12.1 Å². The zero-order valence-corrected chi connectivity index (χ0v) is 19.0. The normalized spacial score (nSPS) is 15.8. The molecule has 3 aromatic rings. The molecule has 0 saturated heterocycles. The number of allylic oxidation sites excluding steroid dienone is 1. The molecule has 7 heteroatoms. The molecule has 1 heterocycles. The highest BCUT2D eigenvalue weighted by Crippen LogP contribution is 2.47. The van der Waals surface area contributed by atoms with Gasteiger partial charge in [-0.25, -0.2) is 9.18 Å². The van der Waals surface area contributed by atoms with E-state index in [1.807, 2.05) is 30.3 Å². The quantitative estimate of drug-likeness (QED) is 0.239. The lowest BCUT2D eigenvalue weighted by atomic mass is 9.73. The number of carboxylic acid groups (broad SMARTS) is 1. The van der Waals surface area contributed by atoms with Crippen molar-refractivity contribution in [3.8, 4) is 0 Å². The van der Waals surface area contributed by atoms with E-state index in [9.17, 15) is 9.18 Å². The monoisotopic (exact) mass is 475 g/mol. The first kappa shape index (κ1) is 22.2. The van der Waals surface area contributed by atoms with Crippen molar-refractivity contribution in [1.29, 1.82) is 0 Å². The Morgan fingerprint density at radius 1 is 0.971 bits per heavy atom. The van der Waals surface area contributed by atoms with Gasteiger partial charge in [-0.15, -0.1) is 5.53 Å². The molecule has 3 aromatic carbocycles. The van der Waals surface area contributed by atoms with Gasteiger partial charge in [0.15, 0.2) is 0 Å². The third-order valence-corrected chi connectivity index (χ3v) is 6.64. The van der Waals surface area contributed by atoms with E-state index in [-0.39, 0.29) is 5.82 Å². The Morgan fingerprint density at radius 3 is 2.38 bits per heavy atom. The second kappa shape index (κ2) is 9.33. The summed E-state index contributed by atoms with van der Waals surface area (Å²) < 4.78 is 13.9. The van der Waals surface area contributed by atoms with Gasteiger partial charge in [0.1, 0.15) is 5.82 Å². The Morgan fingerprint density at radius 2 is 1.71 bits per heavy atom. The maximum absolute atomic E-state index is 13.9. The van der Waals surface area contributed by atoms with Crippen molar-refractivity contribution in [2.24, 2.45) is 5.92 Å². The van der Waals surface area contributed by atoms with Gasteiger partial charge < -0.3 is 16.0 Å². The van der Waals surface area contributed by atoms with Gasteiger partial charge in [-0.2, -0.15) is 0 Å². The first-order chi connectivity index (χ1) is 16.5. The third-order valence-electron chi connectivity index (χ3n) is 6.32. The van der Waals surface area contributed by atoms with E-state index >= 15 is 0 Å². The van der Waals surface area contributed by atoms with Crippen molar-refractivity contribution >= 4 is 46.2 Å². The smallest absolute Gasteiger partial charge is 0.328 e. The molecule has 0 amide bonds. The maximum atomic E-state index is 13.9. The summed E-state index contributed by atoms with van der Waals surface area (Å²) in [6.07, 6.45) is 5.90. The molecule has 0 radical (unpaired) electrons. The van der Waals surface area contributed by atoms with Gasteiger partial charge in [0.05, 0.1) is 16.4 Å². The lowest BCUT2D eigenvalue weighted by Gasteiger charge is -2.32. The summed E-state index contributed by atoms with van der Waals surface area (Å²) in [6, 6.07) is 18.5. The summed E-state index contributed by atoms with van der Waals surface area (Å²) in [6.45, 7) is 0. The van der Waals surface area contributed by atoms with Crippen molar-refractivity contribution in [2.45, 2.75) is 19.3 Å². The molecule has 1 aliphatic carbocycles. The predicted octanol–water partition coefficient (Wildman–Crippen LogP) is 6.59. The van der Waals surface area contributed by atoms with E-state index in [0.29, 0.717) is 10.9 Å². The van der Waals surface area contributed by atoms with Crippen LogP contribution < -0.4 is 16.4 Å². The number of carbonyl (C=O) groups is 1. The average Bonchev–Trinajstić information content (AvgIpc) is 3.25. The largest absolute Gasteiger partial charge is 0.478 e. The van der Waals surface area contributed by atoms with Crippen molar-refractivity contribution in [1.82, 2.24) is 5.53 Å². The zero-order chi connectivity index (χ0) is 23.7. The number of hydrogen-bond donors (Lipinski definition) is 4. The molecule has 0 spiro atoms. The topological polar surface area (TPSA) is 73.4 Å². The Bertz CT molecular complexity index is 1310. The molecule has 1 fully saturated rings. The van der Waals surface area contributed by atoms with Gasteiger partial charge in [0, 0.05) is 6.08 Å². The summed E-state index contributed by atoms with van der Waals surface area (Å²) in [5.74, 6) is -1.05. The van der Waals surface area contributed by atoms with E-state index in [0.717, 1.165) is 70.1 Å². The number of anilines is 2. The fourth-order valence-electron chi connectivity index (χ4n) is 4.45. The van der Waals surface area contributed by atoms with Crippen LogP contribution in [0, 0.1) is 11.7 Å². The van der Waals surface area contributed by atoms with Crippen LogP contribution in [0.4, 0.5) is 15.8 Å². The van der Waals surface area contributed by atoms with Gasteiger partial charge in [0.25, 0.3) is 0 Å². The maximum Gasteiger partial charge on any atom is 0.328 e. The molecular formula is C27H23ClFN3O2. The Balaban J connectivity index is 1.72. The lowest BCUT2D eigenvalue weighted by molar-refractivity contribution is -0.131. The van der Waals surface area contributed by atoms with Crippen LogP contribution in [0.15, 0.2) is 66.7 Å². The Hall–Kier alpha value is -3.61. The molecule has 1 saturated carbocycles. The van der Waals surface area contributed by atoms with Gasteiger partial charge >= 0.3 is 5.97 Å². The van der Waals surface area contributed by atoms with Gasteiger partial charge in [-0.1, -0.05) is 54.4 Å². The first-order valence-electron chi connectivity index (χ1n) is 11.1. The number of hydrazine groups is 2. The van der Waals surface area contributed by atoms with Crippen LogP contribution in [0.1, 0.15) is 41.5 Å². The molecular weight excluding hydrogens is 453 g/mol. The molecule has 0 bridgehead atoms. The summed E-state index contributed by atoms with van der Waals surface area (Å²) in [5.41, 5.74) is 16.7. The van der Waals surface area contributed by atoms with Crippen molar-refractivity contribution < 1.29 is 14.3 Å². The second-order valence-corrected chi connectivity index (χ2v) is 8.88. The first-order valence-corrected chi connectivity index (χ1v) is 11.5. The minimum Gasteiger partial charge on any atom is -0.478 e.